The fourth-order valence-corrected chi connectivity index (χ4v) is 1.71. The van der Waals surface area contributed by atoms with E-state index in [1.54, 1.807) is 12.4 Å². The first kappa shape index (κ1) is 13.5. The molecule has 0 aliphatic rings. The predicted molar refractivity (Wildman–Crippen MR) is 71.4 cm³/mol. The highest BCUT2D eigenvalue weighted by Crippen LogP contribution is 2.21. The highest BCUT2D eigenvalue weighted by Gasteiger charge is 2.07. The van der Waals surface area contributed by atoms with Crippen LogP contribution in [0.3, 0.4) is 0 Å². The first-order chi connectivity index (χ1) is 9.29. The molecule has 1 aromatic heterocycles. The molecule has 5 heteroatoms. The molecule has 0 fully saturated rings. The summed E-state index contributed by atoms with van der Waals surface area (Å²) >= 11 is 0. The lowest BCUT2D eigenvalue weighted by atomic mass is 10.1. The van der Waals surface area contributed by atoms with Crippen molar-refractivity contribution in [3.63, 3.8) is 0 Å². The van der Waals surface area contributed by atoms with Crippen molar-refractivity contribution in [1.82, 2.24) is 9.97 Å². The molecular formula is C14H17N3O2. The van der Waals surface area contributed by atoms with Crippen LogP contribution >= 0.6 is 0 Å². The van der Waals surface area contributed by atoms with Crippen LogP contribution in [0, 0.1) is 0 Å². The van der Waals surface area contributed by atoms with Crippen LogP contribution in [0.2, 0.25) is 0 Å². The number of aliphatic hydroxyl groups excluding tert-OH is 1. The molecule has 0 saturated carbocycles. The van der Waals surface area contributed by atoms with Crippen molar-refractivity contribution in [1.29, 1.82) is 0 Å². The Morgan fingerprint density at radius 1 is 1.26 bits per heavy atom. The molecule has 2 rings (SSSR count). The summed E-state index contributed by atoms with van der Waals surface area (Å²) in [7, 11) is 0. The number of rotatable bonds is 6. The minimum absolute atomic E-state index is 0.400. The van der Waals surface area contributed by atoms with Crippen molar-refractivity contribution in [2.45, 2.75) is 19.1 Å². The molecule has 0 amide bonds. The van der Waals surface area contributed by atoms with Crippen molar-refractivity contribution in [3.8, 4) is 5.75 Å². The van der Waals surface area contributed by atoms with Gasteiger partial charge in [-0.1, -0.05) is 12.1 Å². The van der Waals surface area contributed by atoms with Crippen LogP contribution in [-0.2, 0) is 6.61 Å². The van der Waals surface area contributed by atoms with Crippen molar-refractivity contribution < 1.29 is 9.84 Å². The topological polar surface area (TPSA) is 81.3 Å². The third-order valence-corrected chi connectivity index (χ3v) is 2.70. The van der Waals surface area contributed by atoms with Crippen LogP contribution in [0.15, 0.2) is 43.0 Å². The quantitative estimate of drug-likeness (QED) is 0.820. The maximum atomic E-state index is 9.87. The summed E-state index contributed by atoms with van der Waals surface area (Å²) in [6.07, 6.45) is 4.89. The lowest BCUT2D eigenvalue weighted by Crippen LogP contribution is -2.06. The van der Waals surface area contributed by atoms with Gasteiger partial charge in [0.25, 0.3) is 0 Å². The molecule has 3 N–H and O–H groups in total. The number of aromatic nitrogens is 2. The number of aliphatic hydroxyl groups is 1. The van der Waals surface area contributed by atoms with Gasteiger partial charge in [-0.2, -0.15) is 0 Å². The van der Waals surface area contributed by atoms with E-state index >= 15 is 0 Å². The summed E-state index contributed by atoms with van der Waals surface area (Å²) in [5.74, 6) is 0.706. The van der Waals surface area contributed by atoms with Gasteiger partial charge in [0.05, 0.1) is 6.10 Å². The van der Waals surface area contributed by atoms with E-state index in [1.807, 2.05) is 24.3 Å². The minimum atomic E-state index is -0.548. The summed E-state index contributed by atoms with van der Waals surface area (Å²) in [5, 5.41) is 9.87. The maximum absolute atomic E-state index is 9.87. The van der Waals surface area contributed by atoms with Crippen LogP contribution in [-0.4, -0.2) is 21.6 Å². The van der Waals surface area contributed by atoms with Gasteiger partial charge in [0.2, 0.25) is 0 Å². The third kappa shape index (κ3) is 4.01. The lowest BCUT2D eigenvalue weighted by Gasteiger charge is -2.12. The Hall–Kier alpha value is -1.98. The Morgan fingerprint density at radius 3 is 2.79 bits per heavy atom. The molecule has 1 heterocycles. The Kier molecular flexibility index (Phi) is 4.83. The number of nitrogens with two attached hydrogens (primary N) is 1. The molecule has 0 aliphatic heterocycles. The van der Waals surface area contributed by atoms with Gasteiger partial charge < -0.3 is 15.6 Å². The van der Waals surface area contributed by atoms with Crippen LogP contribution in [0.25, 0.3) is 0 Å². The molecule has 0 spiro atoms. The maximum Gasteiger partial charge on any atom is 0.120 e. The summed E-state index contributed by atoms with van der Waals surface area (Å²) < 4.78 is 5.64. The van der Waals surface area contributed by atoms with E-state index in [4.69, 9.17) is 10.5 Å². The SMILES string of the molecule is NCCC(O)c1cccc(OCc2cncnc2)c1. The second-order valence-electron chi connectivity index (χ2n) is 4.20. The molecule has 100 valence electrons. The van der Waals surface area contributed by atoms with E-state index in [9.17, 15) is 5.11 Å². The number of hydrogen-bond donors (Lipinski definition) is 2. The van der Waals surface area contributed by atoms with E-state index in [2.05, 4.69) is 9.97 Å². The van der Waals surface area contributed by atoms with E-state index in [0.717, 1.165) is 11.1 Å². The summed E-state index contributed by atoms with van der Waals surface area (Å²) in [5.41, 5.74) is 7.15. The Balaban J connectivity index is 1.99. The van der Waals surface area contributed by atoms with Crippen LogP contribution in [0.1, 0.15) is 23.7 Å². The lowest BCUT2D eigenvalue weighted by molar-refractivity contribution is 0.169. The van der Waals surface area contributed by atoms with Gasteiger partial charge in [-0.15, -0.1) is 0 Å². The Bertz CT molecular complexity index is 505. The van der Waals surface area contributed by atoms with Gasteiger partial charge in [-0.3, -0.25) is 0 Å². The van der Waals surface area contributed by atoms with E-state index < -0.39 is 6.10 Å². The first-order valence-electron chi connectivity index (χ1n) is 6.14. The van der Waals surface area contributed by atoms with Gasteiger partial charge >= 0.3 is 0 Å². The zero-order chi connectivity index (χ0) is 13.5. The molecule has 2 aromatic rings. The Labute approximate surface area is 112 Å². The largest absolute Gasteiger partial charge is 0.489 e. The Morgan fingerprint density at radius 2 is 2.05 bits per heavy atom. The molecule has 1 atom stereocenters. The standard InChI is InChI=1S/C14H17N3O2/c15-5-4-14(18)12-2-1-3-13(6-12)19-9-11-7-16-10-17-8-11/h1-3,6-8,10,14,18H,4-5,9,15H2. The van der Waals surface area contributed by atoms with Crippen molar-refractivity contribution in [3.05, 3.63) is 54.1 Å². The summed E-state index contributed by atoms with van der Waals surface area (Å²) in [4.78, 5) is 7.84. The van der Waals surface area contributed by atoms with Crippen LogP contribution < -0.4 is 10.5 Å². The number of ether oxygens (including phenoxy) is 1. The van der Waals surface area contributed by atoms with Crippen LogP contribution in [0.4, 0.5) is 0 Å². The summed E-state index contributed by atoms with van der Waals surface area (Å²) in [6.45, 7) is 0.852. The molecular weight excluding hydrogens is 242 g/mol. The second kappa shape index (κ2) is 6.82. The normalized spacial score (nSPS) is 12.1. The zero-order valence-electron chi connectivity index (χ0n) is 10.6. The van der Waals surface area contributed by atoms with Crippen LogP contribution in [0.5, 0.6) is 5.75 Å². The second-order valence-corrected chi connectivity index (χ2v) is 4.20. The van der Waals surface area contributed by atoms with E-state index in [1.165, 1.54) is 6.33 Å². The number of hydrogen-bond acceptors (Lipinski definition) is 5. The fourth-order valence-electron chi connectivity index (χ4n) is 1.71. The first-order valence-corrected chi connectivity index (χ1v) is 6.14. The molecule has 0 radical (unpaired) electrons. The molecule has 5 nitrogen and oxygen atoms in total. The van der Waals surface area contributed by atoms with E-state index in [0.29, 0.717) is 25.3 Å². The smallest absolute Gasteiger partial charge is 0.120 e. The molecule has 19 heavy (non-hydrogen) atoms. The van der Waals surface area contributed by atoms with Gasteiger partial charge in [-0.05, 0) is 30.7 Å². The number of nitrogens with zero attached hydrogens (tertiary/aromatic N) is 2. The van der Waals surface area contributed by atoms with Gasteiger partial charge in [0, 0.05) is 18.0 Å². The monoisotopic (exact) mass is 259 g/mol. The summed E-state index contributed by atoms with van der Waals surface area (Å²) in [6, 6.07) is 7.39. The van der Waals surface area contributed by atoms with E-state index in [-0.39, 0.29) is 0 Å². The molecule has 0 bridgehead atoms. The van der Waals surface area contributed by atoms with Gasteiger partial charge in [0.1, 0.15) is 18.7 Å². The molecule has 0 aliphatic carbocycles. The molecule has 1 unspecified atom stereocenters. The highest BCUT2D eigenvalue weighted by molar-refractivity contribution is 5.30. The zero-order valence-corrected chi connectivity index (χ0v) is 10.6. The number of benzene rings is 1. The third-order valence-electron chi connectivity index (χ3n) is 2.70. The average molecular weight is 259 g/mol. The molecule has 1 aromatic carbocycles. The minimum Gasteiger partial charge on any atom is -0.489 e. The average Bonchev–Trinajstić information content (AvgIpc) is 2.47. The van der Waals surface area contributed by atoms with Crippen molar-refractivity contribution in [2.75, 3.05) is 6.54 Å². The molecule has 0 saturated heterocycles. The highest BCUT2D eigenvalue weighted by atomic mass is 16.5. The van der Waals surface area contributed by atoms with Crippen molar-refractivity contribution >= 4 is 0 Å². The predicted octanol–water partition coefficient (Wildman–Crippen LogP) is 1.44. The van der Waals surface area contributed by atoms with Crippen molar-refractivity contribution in [2.24, 2.45) is 5.73 Å². The van der Waals surface area contributed by atoms with Gasteiger partial charge in [0.15, 0.2) is 0 Å². The van der Waals surface area contributed by atoms with Gasteiger partial charge in [-0.25, -0.2) is 9.97 Å². The fraction of sp³-hybridized carbons (Fsp3) is 0.286.